The SMILES string of the molecule is I.I.O=P(O)(O)F. The lowest BCUT2D eigenvalue weighted by Gasteiger charge is -1.77. The summed E-state index contributed by atoms with van der Waals surface area (Å²) in [6.45, 7) is 0. The lowest BCUT2D eigenvalue weighted by atomic mass is 15.8. The summed E-state index contributed by atoms with van der Waals surface area (Å²) in [5, 5.41) is 0. The molecule has 0 saturated heterocycles. The summed E-state index contributed by atoms with van der Waals surface area (Å²) in [4.78, 5) is 13.9. The topological polar surface area (TPSA) is 57.5 Å². The second kappa shape index (κ2) is 5.67. The van der Waals surface area contributed by atoms with E-state index in [0.717, 1.165) is 0 Å². The fraction of sp³-hybridized carbons (Fsp3) is 0. The van der Waals surface area contributed by atoms with Gasteiger partial charge in [0, 0.05) is 0 Å². The van der Waals surface area contributed by atoms with Crippen molar-refractivity contribution < 1.29 is 18.5 Å². The first kappa shape index (κ1) is 15.8. The molecule has 3 nitrogen and oxygen atoms in total. The summed E-state index contributed by atoms with van der Waals surface area (Å²) < 4.78 is 19.0. The van der Waals surface area contributed by atoms with Crippen molar-refractivity contribution in [3.63, 3.8) is 0 Å². The summed E-state index contributed by atoms with van der Waals surface area (Å²) in [6.07, 6.45) is 0. The number of hydrogen-bond acceptors (Lipinski definition) is 1. The zero-order valence-corrected chi connectivity index (χ0v) is 8.50. The van der Waals surface area contributed by atoms with Crippen LogP contribution in [0.15, 0.2) is 0 Å². The molecule has 0 aromatic carbocycles. The van der Waals surface area contributed by atoms with E-state index in [4.69, 9.17) is 14.4 Å². The van der Waals surface area contributed by atoms with E-state index < -0.39 is 7.91 Å². The van der Waals surface area contributed by atoms with Crippen molar-refractivity contribution in [1.82, 2.24) is 0 Å². The van der Waals surface area contributed by atoms with Crippen LogP contribution in [0.3, 0.4) is 0 Å². The van der Waals surface area contributed by atoms with Gasteiger partial charge in [-0.1, -0.05) is 0 Å². The first-order valence-electron chi connectivity index (χ1n) is 0.752. The monoisotopic (exact) mass is 356 g/mol. The van der Waals surface area contributed by atoms with E-state index >= 15 is 0 Å². The van der Waals surface area contributed by atoms with Crippen LogP contribution in [0.4, 0.5) is 4.20 Å². The molecule has 0 aromatic heterocycles. The first-order chi connectivity index (χ1) is 2.00. The van der Waals surface area contributed by atoms with Crippen LogP contribution in [0.1, 0.15) is 0 Å². The summed E-state index contributed by atoms with van der Waals surface area (Å²) in [6, 6.07) is 0. The van der Waals surface area contributed by atoms with Crippen molar-refractivity contribution in [3.8, 4) is 0 Å². The molecule has 0 spiro atoms. The molecular weight excluding hydrogens is 352 g/mol. The van der Waals surface area contributed by atoms with Gasteiger partial charge in [0.2, 0.25) is 0 Å². The van der Waals surface area contributed by atoms with E-state index in [9.17, 15) is 4.20 Å². The Hall–Kier alpha value is 1.54. The Morgan fingerprint density at radius 2 is 1.29 bits per heavy atom. The lowest BCUT2D eigenvalue weighted by Crippen LogP contribution is -1.56. The molecule has 2 N–H and O–H groups in total. The van der Waals surface area contributed by atoms with Crippen molar-refractivity contribution >= 4 is 55.9 Å². The number of rotatable bonds is 0. The Bertz CT molecular complexity index is 59.1. The Labute approximate surface area is 74.0 Å². The molecule has 0 radical (unpaired) electrons. The zero-order chi connectivity index (χ0) is 4.50. The molecule has 48 valence electrons. The van der Waals surface area contributed by atoms with Gasteiger partial charge in [0.25, 0.3) is 0 Å². The van der Waals surface area contributed by atoms with Gasteiger partial charge >= 0.3 is 7.91 Å². The van der Waals surface area contributed by atoms with Gasteiger partial charge in [-0.25, -0.2) is 4.57 Å². The smallest absolute Gasteiger partial charge is 0.299 e. The Balaban J connectivity index is -0.0000000800. The maximum Gasteiger partial charge on any atom is 0.507 e. The fourth-order valence-electron chi connectivity index (χ4n) is 0. The molecule has 0 fully saturated rings. The van der Waals surface area contributed by atoms with Crippen LogP contribution in [0.5, 0.6) is 0 Å². The molecule has 0 rings (SSSR count). The standard InChI is InChI=1S/FH2O3P.2HI/c1-5(2,3)4;;/h(H2,2,3,4);2*1H. The van der Waals surface area contributed by atoms with E-state index in [-0.39, 0.29) is 48.0 Å². The van der Waals surface area contributed by atoms with Crippen molar-refractivity contribution in [2.45, 2.75) is 0 Å². The largest absolute Gasteiger partial charge is 0.507 e. The van der Waals surface area contributed by atoms with Gasteiger partial charge in [0.15, 0.2) is 0 Å². The van der Waals surface area contributed by atoms with Crippen LogP contribution in [0, 0.1) is 0 Å². The van der Waals surface area contributed by atoms with Crippen molar-refractivity contribution in [2.75, 3.05) is 0 Å². The highest BCUT2D eigenvalue weighted by Gasteiger charge is 2.04. The molecule has 0 aliphatic carbocycles. The van der Waals surface area contributed by atoms with Gasteiger partial charge in [0.1, 0.15) is 0 Å². The van der Waals surface area contributed by atoms with Crippen molar-refractivity contribution in [1.29, 1.82) is 0 Å². The Morgan fingerprint density at radius 3 is 1.29 bits per heavy atom. The minimum atomic E-state index is -5.14. The minimum absolute atomic E-state index is 0. The second-order valence-electron chi connectivity index (χ2n) is 0.473. The van der Waals surface area contributed by atoms with Gasteiger partial charge in [-0.3, -0.25) is 9.79 Å². The van der Waals surface area contributed by atoms with Gasteiger partial charge in [0.05, 0.1) is 0 Å². The van der Waals surface area contributed by atoms with E-state index in [1.54, 1.807) is 0 Å². The average Bonchev–Trinajstić information content (AvgIpc) is 0.722. The summed E-state index contributed by atoms with van der Waals surface area (Å²) in [5.41, 5.74) is 0. The van der Waals surface area contributed by atoms with E-state index in [1.807, 2.05) is 0 Å². The fourth-order valence-corrected chi connectivity index (χ4v) is 0. The summed E-state index contributed by atoms with van der Waals surface area (Å²) >= 11 is 0. The zero-order valence-electron chi connectivity index (χ0n) is 2.94. The van der Waals surface area contributed by atoms with Crippen LogP contribution < -0.4 is 0 Å². The van der Waals surface area contributed by atoms with Crippen molar-refractivity contribution in [2.24, 2.45) is 0 Å². The maximum atomic E-state index is 10.4. The van der Waals surface area contributed by atoms with E-state index in [1.165, 1.54) is 0 Å². The van der Waals surface area contributed by atoms with Crippen LogP contribution >= 0.6 is 55.9 Å². The predicted molar refractivity (Wildman–Crippen MR) is 44.0 cm³/mol. The van der Waals surface area contributed by atoms with Crippen LogP contribution in [0.25, 0.3) is 0 Å². The normalized spacial score (nSPS) is 8.43. The van der Waals surface area contributed by atoms with Gasteiger partial charge in [-0.05, 0) is 0 Å². The Kier molecular flexibility index (Phi) is 12.8. The highest BCUT2D eigenvalue weighted by atomic mass is 127. The summed E-state index contributed by atoms with van der Waals surface area (Å²) in [7, 11) is -5.14. The molecule has 7 heavy (non-hydrogen) atoms. The molecule has 7 heteroatoms. The average molecular weight is 356 g/mol. The highest BCUT2D eigenvalue weighted by Crippen LogP contribution is 2.34. The molecule has 0 aliphatic rings. The van der Waals surface area contributed by atoms with Gasteiger partial charge < -0.3 is 0 Å². The molecule has 0 saturated carbocycles. The third-order valence-corrected chi connectivity index (χ3v) is 0. The third-order valence-electron chi connectivity index (χ3n) is 0. The number of hydrogen-bond donors (Lipinski definition) is 2. The van der Waals surface area contributed by atoms with Gasteiger partial charge in [-0.15, -0.1) is 52.2 Å². The molecule has 0 atom stereocenters. The minimum Gasteiger partial charge on any atom is -0.299 e. The second-order valence-corrected chi connectivity index (χ2v) is 1.42. The maximum absolute atomic E-state index is 10.4. The number of halogens is 3. The molecular formula is H4FI2O3P. The molecule has 0 unspecified atom stereocenters. The molecule has 0 heterocycles. The van der Waals surface area contributed by atoms with Crippen LogP contribution in [-0.2, 0) is 4.57 Å². The van der Waals surface area contributed by atoms with Gasteiger partial charge in [-0.2, -0.15) is 0 Å². The van der Waals surface area contributed by atoms with Crippen molar-refractivity contribution in [3.05, 3.63) is 0 Å². The quantitative estimate of drug-likeness (QED) is 0.508. The molecule has 0 aromatic rings. The molecule has 0 aliphatic heterocycles. The summed E-state index contributed by atoms with van der Waals surface area (Å²) in [5.74, 6) is 0. The molecule has 0 bridgehead atoms. The highest BCUT2D eigenvalue weighted by molar-refractivity contribution is 14.0. The van der Waals surface area contributed by atoms with E-state index in [2.05, 4.69) is 0 Å². The van der Waals surface area contributed by atoms with E-state index in [0.29, 0.717) is 0 Å². The lowest BCUT2D eigenvalue weighted by molar-refractivity contribution is 0.322. The van der Waals surface area contributed by atoms with Crippen LogP contribution in [0.2, 0.25) is 0 Å². The van der Waals surface area contributed by atoms with Crippen LogP contribution in [-0.4, -0.2) is 9.79 Å². The Morgan fingerprint density at radius 1 is 1.29 bits per heavy atom. The first-order valence-corrected chi connectivity index (χ1v) is 2.25. The molecule has 0 amide bonds. The third kappa shape index (κ3) is 97.6. The predicted octanol–water partition coefficient (Wildman–Crippen LogP) is 1.28.